The van der Waals surface area contributed by atoms with Crippen molar-refractivity contribution < 1.29 is 0 Å². The third-order valence-electron chi connectivity index (χ3n) is 6.38. The summed E-state index contributed by atoms with van der Waals surface area (Å²) in [5, 5.41) is 0. The van der Waals surface area contributed by atoms with Crippen LogP contribution < -0.4 is 22.6 Å². The van der Waals surface area contributed by atoms with E-state index in [-0.39, 0.29) is 28.2 Å². The predicted molar refractivity (Wildman–Crippen MR) is 136 cm³/mol. The normalized spacial score (nSPS) is 13.4. The summed E-state index contributed by atoms with van der Waals surface area (Å²) < 4.78 is 1.60. The van der Waals surface area contributed by atoms with Crippen LogP contribution in [0, 0.1) is 0 Å². The zero-order valence-electron chi connectivity index (χ0n) is 22.2. The summed E-state index contributed by atoms with van der Waals surface area (Å²) in [5.74, 6) is 1.72. The van der Waals surface area contributed by atoms with E-state index >= 15 is 0 Å². The molecule has 0 saturated carbocycles. The Bertz CT molecular complexity index is 1160. The first kappa shape index (κ1) is 26.6. The Morgan fingerprint density at radius 3 is 1.70 bits per heavy atom. The molecule has 2 aromatic rings. The van der Waals surface area contributed by atoms with Crippen molar-refractivity contribution in [3.8, 4) is 0 Å². The van der Waals surface area contributed by atoms with Crippen LogP contribution in [0.25, 0.3) is 0 Å². The molecule has 184 valence electrons. The minimum absolute atomic E-state index is 0.125. The number of aromatic nitrogens is 4. The third kappa shape index (κ3) is 5.31. The number of nitrogen functional groups attached to an aromatic ring is 2. The average Bonchev–Trinajstić information content (AvgIpc) is 2.60. The molecule has 0 bridgehead atoms. The zero-order chi connectivity index (χ0) is 25.7. The fraction of sp³-hybridized carbons (Fsp3) is 0.680. The van der Waals surface area contributed by atoms with Crippen molar-refractivity contribution in [3.63, 3.8) is 0 Å². The van der Waals surface area contributed by atoms with Gasteiger partial charge in [-0.1, -0.05) is 69.2 Å². The van der Waals surface area contributed by atoms with E-state index < -0.39 is 16.2 Å². The molecule has 0 fully saturated rings. The first-order chi connectivity index (χ1) is 14.7. The molecule has 0 aromatic carbocycles. The number of H-pyrrole nitrogens is 1. The van der Waals surface area contributed by atoms with Crippen molar-refractivity contribution in [1.29, 1.82) is 0 Å². The van der Waals surface area contributed by atoms with Gasteiger partial charge in [0.15, 0.2) is 0 Å². The van der Waals surface area contributed by atoms with Gasteiger partial charge >= 0.3 is 0 Å². The van der Waals surface area contributed by atoms with Crippen molar-refractivity contribution in [1.82, 2.24) is 19.5 Å². The molecule has 8 heteroatoms. The Morgan fingerprint density at radius 2 is 1.24 bits per heavy atom. The standard InChI is InChI=1S/C25H42N6O2/c1-22(2,3)14-16(26)28-20(30-18(14)32)25(9,10)13-12-24(7,8)15-17(27)29-21(23(4,5)6)31(11)19(15)33/h12-13,27H2,1-11H3,(H3,26,28,30,32). The van der Waals surface area contributed by atoms with Crippen molar-refractivity contribution in [2.24, 2.45) is 7.05 Å². The minimum atomic E-state index is -0.531. The highest BCUT2D eigenvalue weighted by atomic mass is 16.1. The Morgan fingerprint density at radius 1 is 0.758 bits per heavy atom. The molecule has 8 nitrogen and oxygen atoms in total. The molecule has 0 unspecified atom stereocenters. The Labute approximate surface area is 197 Å². The maximum absolute atomic E-state index is 13.3. The van der Waals surface area contributed by atoms with Gasteiger partial charge < -0.3 is 16.5 Å². The lowest BCUT2D eigenvalue weighted by molar-refractivity contribution is 0.357. The Hall–Kier alpha value is -2.64. The Balaban J connectivity index is 2.42. The first-order valence-corrected chi connectivity index (χ1v) is 11.5. The summed E-state index contributed by atoms with van der Waals surface area (Å²) in [6.07, 6.45) is 1.29. The topological polar surface area (TPSA) is 133 Å². The maximum Gasteiger partial charge on any atom is 0.259 e. The van der Waals surface area contributed by atoms with E-state index in [0.717, 1.165) is 0 Å². The van der Waals surface area contributed by atoms with Crippen LogP contribution in [0.4, 0.5) is 11.6 Å². The molecule has 2 aromatic heterocycles. The second kappa shape index (κ2) is 8.29. The second-order valence-electron chi connectivity index (χ2n) is 12.5. The highest BCUT2D eigenvalue weighted by Gasteiger charge is 2.35. The van der Waals surface area contributed by atoms with Crippen LogP contribution >= 0.6 is 0 Å². The van der Waals surface area contributed by atoms with E-state index in [1.165, 1.54) is 0 Å². The summed E-state index contributed by atoms with van der Waals surface area (Å²) in [5.41, 5.74) is 11.5. The summed E-state index contributed by atoms with van der Waals surface area (Å²) in [7, 11) is 1.74. The highest BCUT2D eigenvalue weighted by molar-refractivity contribution is 5.44. The monoisotopic (exact) mass is 458 g/mol. The van der Waals surface area contributed by atoms with E-state index in [9.17, 15) is 9.59 Å². The lowest BCUT2D eigenvalue weighted by Crippen LogP contribution is -2.39. The molecule has 2 rings (SSSR count). The van der Waals surface area contributed by atoms with Crippen LogP contribution in [0.3, 0.4) is 0 Å². The van der Waals surface area contributed by atoms with Gasteiger partial charge in [0, 0.05) is 17.9 Å². The molecule has 0 saturated heterocycles. The van der Waals surface area contributed by atoms with Gasteiger partial charge in [0.05, 0.1) is 11.1 Å². The average molecular weight is 459 g/mol. The van der Waals surface area contributed by atoms with Crippen LogP contribution in [0.5, 0.6) is 0 Å². The third-order valence-corrected chi connectivity index (χ3v) is 6.38. The number of hydrogen-bond donors (Lipinski definition) is 3. The molecule has 0 aliphatic rings. The molecule has 0 radical (unpaired) electrons. The smallest absolute Gasteiger partial charge is 0.259 e. The van der Waals surface area contributed by atoms with Crippen LogP contribution in [-0.2, 0) is 28.7 Å². The summed E-state index contributed by atoms with van der Waals surface area (Å²) in [4.78, 5) is 38.2. The van der Waals surface area contributed by atoms with Gasteiger partial charge in [-0.15, -0.1) is 0 Å². The van der Waals surface area contributed by atoms with Gasteiger partial charge in [-0.05, 0) is 23.7 Å². The number of nitrogens with one attached hydrogen (secondary N) is 1. The molecule has 0 atom stereocenters. The van der Waals surface area contributed by atoms with Crippen molar-refractivity contribution in [2.75, 3.05) is 11.5 Å². The van der Waals surface area contributed by atoms with E-state index in [1.54, 1.807) is 11.6 Å². The summed E-state index contributed by atoms with van der Waals surface area (Å²) in [6.45, 7) is 19.9. The Kier molecular flexibility index (Phi) is 6.69. The van der Waals surface area contributed by atoms with Crippen LogP contribution in [0.15, 0.2) is 9.59 Å². The SMILES string of the molecule is Cn1c(C(C)(C)C)nc(N)c(C(C)(C)CCC(C)(C)c2nc(N)c(C(C)(C)C)c(=O)[nH]2)c1=O. The zero-order valence-corrected chi connectivity index (χ0v) is 22.2. The van der Waals surface area contributed by atoms with Crippen molar-refractivity contribution in [3.05, 3.63) is 43.5 Å². The summed E-state index contributed by atoms with van der Waals surface area (Å²) in [6, 6.07) is 0. The summed E-state index contributed by atoms with van der Waals surface area (Å²) >= 11 is 0. The number of nitrogens with zero attached hydrogens (tertiary/aromatic N) is 3. The maximum atomic E-state index is 13.3. The number of anilines is 2. The molecular weight excluding hydrogens is 416 g/mol. The number of rotatable bonds is 5. The van der Waals surface area contributed by atoms with Crippen molar-refractivity contribution in [2.45, 2.75) is 104 Å². The van der Waals surface area contributed by atoms with Crippen LogP contribution in [0.1, 0.15) is 105 Å². The van der Waals surface area contributed by atoms with Gasteiger partial charge in [-0.25, -0.2) is 9.97 Å². The van der Waals surface area contributed by atoms with E-state index in [4.69, 9.17) is 11.5 Å². The molecule has 0 amide bonds. The van der Waals surface area contributed by atoms with Crippen LogP contribution in [0.2, 0.25) is 0 Å². The number of aromatic amines is 1. The number of hydrogen-bond acceptors (Lipinski definition) is 6. The largest absolute Gasteiger partial charge is 0.383 e. The van der Waals surface area contributed by atoms with E-state index in [1.807, 2.05) is 69.2 Å². The van der Waals surface area contributed by atoms with Gasteiger partial charge in [0.25, 0.3) is 11.1 Å². The highest BCUT2D eigenvalue weighted by Crippen LogP contribution is 2.36. The second-order valence-corrected chi connectivity index (χ2v) is 12.5. The van der Waals surface area contributed by atoms with Crippen LogP contribution in [-0.4, -0.2) is 19.5 Å². The van der Waals surface area contributed by atoms with Gasteiger partial charge in [0.2, 0.25) is 0 Å². The molecule has 2 heterocycles. The first-order valence-electron chi connectivity index (χ1n) is 11.5. The van der Waals surface area contributed by atoms with Gasteiger partial charge in [-0.2, -0.15) is 0 Å². The van der Waals surface area contributed by atoms with Crippen molar-refractivity contribution >= 4 is 11.6 Å². The lowest BCUT2D eigenvalue weighted by Gasteiger charge is -2.32. The lowest BCUT2D eigenvalue weighted by atomic mass is 9.75. The van der Waals surface area contributed by atoms with Gasteiger partial charge in [0.1, 0.15) is 23.3 Å². The molecule has 0 spiro atoms. The fourth-order valence-electron chi connectivity index (χ4n) is 4.33. The quantitative estimate of drug-likeness (QED) is 0.626. The minimum Gasteiger partial charge on any atom is -0.383 e. The van der Waals surface area contributed by atoms with E-state index in [2.05, 4.69) is 15.0 Å². The van der Waals surface area contributed by atoms with Gasteiger partial charge in [-0.3, -0.25) is 14.2 Å². The molecule has 0 aliphatic carbocycles. The molecule has 33 heavy (non-hydrogen) atoms. The molecular formula is C25H42N6O2. The number of nitrogens with two attached hydrogens (primary N) is 2. The predicted octanol–water partition coefficient (Wildman–Crippen LogP) is 3.66. The molecule has 0 aliphatic heterocycles. The fourth-order valence-corrected chi connectivity index (χ4v) is 4.33. The van der Waals surface area contributed by atoms with E-state index in [0.29, 0.717) is 35.6 Å². The molecule has 5 N–H and O–H groups in total.